The van der Waals surface area contributed by atoms with Crippen LogP contribution in [0, 0.1) is 0 Å². The predicted octanol–water partition coefficient (Wildman–Crippen LogP) is 4.59. The Hall–Kier alpha value is -3.28. The summed E-state index contributed by atoms with van der Waals surface area (Å²) in [4.78, 5) is 12.6. The Bertz CT molecular complexity index is 1010. The zero-order valence-electron chi connectivity index (χ0n) is 16.0. The third-order valence-electron chi connectivity index (χ3n) is 5.05. The Balaban J connectivity index is 1.48. The standard InChI is InChI=1S/C22H21NO5/c1-13-14(2)27-21-16(13)8-6-9-18(21)22(24)26-12-15-11-19(23-28-15)17-7-4-5-10-20(17)25-3/h4-11,13-14H,12H2,1-3H3/t13-,14+/m0/s1. The molecule has 1 aromatic heterocycles. The fourth-order valence-electron chi connectivity index (χ4n) is 3.33. The van der Waals surface area contributed by atoms with Gasteiger partial charge in [-0.05, 0) is 25.1 Å². The molecule has 2 atom stereocenters. The van der Waals surface area contributed by atoms with Gasteiger partial charge in [0.25, 0.3) is 0 Å². The average Bonchev–Trinajstić information content (AvgIpc) is 3.31. The van der Waals surface area contributed by atoms with Gasteiger partial charge in [-0.15, -0.1) is 0 Å². The predicted molar refractivity (Wildman–Crippen MR) is 103 cm³/mol. The maximum atomic E-state index is 12.6. The number of rotatable bonds is 5. The minimum Gasteiger partial charge on any atom is -0.496 e. The quantitative estimate of drug-likeness (QED) is 0.604. The van der Waals surface area contributed by atoms with Crippen molar-refractivity contribution < 1.29 is 23.5 Å². The number of para-hydroxylation sites is 2. The molecule has 0 amide bonds. The maximum absolute atomic E-state index is 12.6. The van der Waals surface area contributed by atoms with Crippen LogP contribution < -0.4 is 9.47 Å². The highest BCUT2D eigenvalue weighted by Gasteiger charge is 2.31. The first-order chi connectivity index (χ1) is 13.6. The summed E-state index contributed by atoms with van der Waals surface area (Å²) < 4.78 is 22.0. The van der Waals surface area contributed by atoms with Crippen LogP contribution in [-0.2, 0) is 11.3 Å². The number of esters is 1. The maximum Gasteiger partial charge on any atom is 0.342 e. The second-order valence-electron chi connectivity index (χ2n) is 6.79. The van der Waals surface area contributed by atoms with Gasteiger partial charge in [0.2, 0.25) is 0 Å². The molecule has 1 aliphatic rings. The van der Waals surface area contributed by atoms with Crippen LogP contribution in [-0.4, -0.2) is 24.3 Å². The molecule has 6 nitrogen and oxygen atoms in total. The van der Waals surface area contributed by atoms with Crippen LogP contribution in [0.15, 0.2) is 53.1 Å². The average molecular weight is 379 g/mol. The molecule has 0 saturated carbocycles. The summed E-state index contributed by atoms with van der Waals surface area (Å²) in [6, 6.07) is 14.8. The molecular weight excluding hydrogens is 358 g/mol. The summed E-state index contributed by atoms with van der Waals surface area (Å²) in [5.74, 6) is 1.54. The van der Waals surface area contributed by atoms with Crippen molar-refractivity contribution in [1.82, 2.24) is 5.16 Å². The van der Waals surface area contributed by atoms with Crippen molar-refractivity contribution in [2.45, 2.75) is 32.5 Å². The molecule has 0 bridgehead atoms. The summed E-state index contributed by atoms with van der Waals surface area (Å²) in [6.45, 7) is 4.06. The number of nitrogens with zero attached hydrogens (tertiary/aromatic N) is 1. The van der Waals surface area contributed by atoms with Crippen LogP contribution in [0.25, 0.3) is 11.3 Å². The van der Waals surface area contributed by atoms with Gasteiger partial charge in [0.05, 0.1) is 7.11 Å². The van der Waals surface area contributed by atoms with E-state index in [-0.39, 0.29) is 18.6 Å². The summed E-state index contributed by atoms with van der Waals surface area (Å²) in [5.41, 5.74) is 2.89. The number of methoxy groups -OCH3 is 1. The normalized spacial score (nSPS) is 17.7. The van der Waals surface area contributed by atoms with E-state index >= 15 is 0 Å². The van der Waals surface area contributed by atoms with Crippen molar-refractivity contribution in [1.29, 1.82) is 0 Å². The van der Waals surface area contributed by atoms with E-state index in [1.54, 1.807) is 19.2 Å². The number of fused-ring (bicyclic) bond motifs is 1. The van der Waals surface area contributed by atoms with Gasteiger partial charge in [-0.3, -0.25) is 0 Å². The number of hydrogen-bond acceptors (Lipinski definition) is 6. The molecule has 0 aliphatic carbocycles. The minimum atomic E-state index is -0.451. The van der Waals surface area contributed by atoms with Crippen molar-refractivity contribution in [2.75, 3.05) is 7.11 Å². The first-order valence-corrected chi connectivity index (χ1v) is 9.14. The molecule has 2 heterocycles. The molecule has 3 aromatic rings. The Morgan fingerprint density at radius 1 is 1.14 bits per heavy atom. The fraction of sp³-hybridized carbons (Fsp3) is 0.273. The largest absolute Gasteiger partial charge is 0.496 e. The lowest BCUT2D eigenvalue weighted by atomic mass is 9.97. The van der Waals surface area contributed by atoms with E-state index in [4.69, 9.17) is 18.7 Å². The van der Waals surface area contributed by atoms with E-state index in [1.165, 1.54) is 0 Å². The van der Waals surface area contributed by atoms with Crippen molar-refractivity contribution >= 4 is 5.97 Å². The molecule has 0 unspecified atom stereocenters. The lowest BCUT2D eigenvalue weighted by Gasteiger charge is -2.09. The summed E-state index contributed by atoms with van der Waals surface area (Å²) in [6.07, 6.45) is 0.0293. The van der Waals surface area contributed by atoms with E-state index < -0.39 is 5.97 Å². The third kappa shape index (κ3) is 3.22. The van der Waals surface area contributed by atoms with Gasteiger partial charge in [0.1, 0.15) is 28.9 Å². The molecule has 0 spiro atoms. The van der Waals surface area contributed by atoms with Crippen molar-refractivity contribution in [3.63, 3.8) is 0 Å². The molecule has 6 heteroatoms. The Morgan fingerprint density at radius 2 is 1.96 bits per heavy atom. The number of carbonyl (C=O) groups excluding carboxylic acids is 1. The second-order valence-corrected chi connectivity index (χ2v) is 6.79. The number of carbonyl (C=O) groups is 1. The van der Waals surface area contributed by atoms with Crippen LogP contribution in [0.4, 0.5) is 0 Å². The molecule has 4 rings (SSSR count). The van der Waals surface area contributed by atoms with E-state index in [2.05, 4.69) is 12.1 Å². The summed E-state index contributed by atoms with van der Waals surface area (Å²) in [7, 11) is 1.60. The number of benzene rings is 2. The monoisotopic (exact) mass is 379 g/mol. The Kier molecular flexibility index (Phi) is 4.77. The zero-order valence-corrected chi connectivity index (χ0v) is 16.0. The van der Waals surface area contributed by atoms with Crippen molar-refractivity contribution in [3.8, 4) is 22.8 Å². The topological polar surface area (TPSA) is 70.8 Å². The number of ether oxygens (including phenoxy) is 3. The number of hydrogen-bond donors (Lipinski definition) is 0. The van der Waals surface area contributed by atoms with E-state index in [0.29, 0.717) is 28.5 Å². The fourth-order valence-corrected chi connectivity index (χ4v) is 3.33. The molecule has 144 valence electrons. The molecule has 0 radical (unpaired) electrons. The van der Waals surface area contributed by atoms with E-state index in [0.717, 1.165) is 11.1 Å². The van der Waals surface area contributed by atoms with Gasteiger partial charge in [-0.25, -0.2) is 4.79 Å². The van der Waals surface area contributed by atoms with Crippen LogP contribution >= 0.6 is 0 Å². The molecule has 28 heavy (non-hydrogen) atoms. The smallest absolute Gasteiger partial charge is 0.342 e. The highest BCUT2D eigenvalue weighted by Crippen LogP contribution is 2.40. The van der Waals surface area contributed by atoms with Gasteiger partial charge in [0, 0.05) is 23.1 Å². The van der Waals surface area contributed by atoms with Crippen LogP contribution in [0.2, 0.25) is 0 Å². The zero-order chi connectivity index (χ0) is 19.7. The van der Waals surface area contributed by atoms with Crippen molar-refractivity contribution in [2.24, 2.45) is 0 Å². The summed E-state index contributed by atoms with van der Waals surface area (Å²) in [5, 5.41) is 4.05. The van der Waals surface area contributed by atoms with Crippen molar-refractivity contribution in [3.05, 3.63) is 65.4 Å². The lowest BCUT2D eigenvalue weighted by Crippen LogP contribution is -2.11. The van der Waals surface area contributed by atoms with Crippen LogP contribution in [0.1, 0.15) is 41.4 Å². The van der Waals surface area contributed by atoms with E-state index in [9.17, 15) is 4.79 Å². The molecule has 0 N–H and O–H groups in total. The molecule has 2 aromatic carbocycles. The Morgan fingerprint density at radius 3 is 2.79 bits per heavy atom. The highest BCUT2D eigenvalue weighted by atomic mass is 16.6. The van der Waals surface area contributed by atoms with Gasteiger partial charge >= 0.3 is 5.97 Å². The molecule has 1 aliphatic heterocycles. The molecule has 0 fully saturated rings. The van der Waals surface area contributed by atoms with E-state index in [1.807, 2.05) is 43.3 Å². The van der Waals surface area contributed by atoms with Crippen LogP contribution in [0.3, 0.4) is 0 Å². The second kappa shape index (κ2) is 7.38. The summed E-state index contributed by atoms with van der Waals surface area (Å²) >= 11 is 0. The van der Waals surface area contributed by atoms with Gasteiger partial charge < -0.3 is 18.7 Å². The molecular formula is C22H21NO5. The van der Waals surface area contributed by atoms with Gasteiger partial charge in [-0.2, -0.15) is 0 Å². The third-order valence-corrected chi connectivity index (χ3v) is 5.05. The SMILES string of the molecule is COc1ccccc1-c1cc(COC(=O)c2cccc3c2O[C@H](C)[C@@H]3C)on1. The number of aromatic nitrogens is 1. The van der Waals surface area contributed by atoms with Gasteiger partial charge in [-0.1, -0.05) is 36.3 Å². The highest BCUT2D eigenvalue weighted by molar-refractivity contribution is 5.93. The lowest BCUT2D eigenvalue weighted by molar-refractivity contribution is 0.0432. The first-order valence-electron chi connectivity index (χ1n) is 9.14. The minimum absolute atomic E-state index is 0.0181. The van der Waals surface area contributed by atoms with Crippen LogP contribution in [0.5, 0.6) is 11.5 Å². The Labute approximate surface area is 163 Å². The first kappa shape index (κ1) is 18.1. The molecule has 0 saturated heterocycles. The van der Waals surface area contributed by atoms with Gasteiger partial charge in [0.15, 0.2) is 12.4 Å².